The molecule has 0 spiro atoms. The molecule has 2 amide bonds. The number of hydrogen-bond donors (Lipinski definition) is 1. The van der Waals surface area contributed by atoms with E-state index < -0.39 is 0 Å². The van der Waals surface area contributed by atoms with Crippen molar-refractivity contribution in [2.45, 2.75) is 25.8 Å². The van der Waals surface area contributed by atoms with E-state index >= 15 is 0 Å². The number of aryl methyl sites for hydroxylation is 1. The van der Waals surface area contributed by atoms with Crippen LogP contribution < -0.4 is 15.1 Å². The van der Waals surface area contributed by atoms with Crippen molar-refractivity contribution in [2.24, 2.45) is 0 Å². The summed E-state index contributed by atoms with van der Waals surface area (Å²) in [6, 6.07) is 16.6. The zero-order valence-corrected chi connectivity index (χ0v) is 20.6. The Labute approximate surface area is 210 Å². The van der Waals surface area contributed by atoms with Gasteiger partial charge in [0.15, 0.2) is 5.82 Å². The number of piperazine rings is 1. The summed E-state index contributed by atoms with van der Waals surface area (Å²) in [7, 11) is 0. The summed E-state index contributed by atoms with van der Waals surface area (Å²) in [4.78, 5) is 25.1. The van der Waals surface area contributed by atoms with Crippen LogP contribution >= 0.6 is 0 Å². The van der Waals surface area contributed by atoms with E-state index in [9.17, 15) is 4.79 Å². The van der Waals surface area contributed by atoms with Crippen LogP contribution in [-0.2, 0) is 0 Å². The van der Waals surface area contributed by atoms with E-state index in [0.717, 1.165) is 64.7 Å². The van der Waals surface area contributed by atoms with Crippen molar-refractivity contribution in [3.8, 4) is 0 Å². The van der Waals surface area contributed by atoms with Crippen molar-refractivity contribution in [1.82, 2.24) is 25.4 Å². The van der Waals surface area contributed by atoms with Crippen molar-refractivity contribution in [1.29, 1.82) is 0 Å². The molecule has 4 heterocycles. The topological polar surface area (TPSA) is 77.5 Å². The highest BCUT2D eigenvalue weighted by Crippen LogP contribution is 2.31. The molecule has 2 aliphatic heterocycles. The second-order valence-corrected chi connectivity index (χ2v) is 9.69. The van der Waals surface area contributed by atoms with Crippen LogP contribution in [0.2, 0.25) is 0 Å². The third kappa shape index (κ3) is 4.11. The van der Waals surface area contributed by atoms with Crippen molar-refractivity contribution in [3.05, 3.63) is 66.5 Å². The lowest BCUT2D eigenvalue weighted by molar-refractivity contribution is 0.196. The first-order valence-electron chi connectivity index (χ1n) is 12.8. The van der Waals surface area contributed by atoms with E-state index in [1.54, 1.807) is 6.20 Å². The van der Waals surface area contributed by atoms with Crippen LogP contribution in [0.4, 0.5) is 16.4 Å². The lowest BCUT2D eigenvalue weighted by Crippen LogP contribution is -2.58. The van der Waals surface area contributed by atoms with Gasteiger partial charge in [-0.15, -0.1) is 5.10 Å². The third-order valence-corrected chi connectivity index (χ3v) is 7.45. The number of anilines is 2. The molecule has 0 aliphatic carbocycles. The maximum atomic E-state index is 14.1. The minimum atomic E-state index is 0.0376. The normalized spacial score (nSPS) is 18.5. The van der Waals surface area contributed by atoms with E-state index in [2.05, 4.69) is 57.7 Å². The molecule has 1 atom stereocenters. The molecule has 6 rings (SSSR count). The number of pyridine rings is 1. The van der Waals surface area contributed by atoms with E-state index in [4.69, 9.17) is 4.98 Å². The second-order valence-electron chi connectivity index (χ2n) is 9.69. The zero-order valence-electron chi connectivity index (χ0n) is 20.6. The number of carbonyl (C=O) groups excluding carboxylic acids is 1. The average molecular weight is 482 g/mol. The van der Waals surface area contributed by atoms with Crippen LogP contribution in [-0.4, -0.2) is 71.4 Å². The van der Waals surface area contributed by atoms with E-state index in [0.29, 0.717) is 26.2 Å². The highest BCUT2D eigenvalue weighted by Gasteiger charge is 2.34. The SMILES string of the molecule is Cc1cccc2ccnc(N(C(=O)N3CCN(c4nncc5ccccc45)CC3)[C@@H]3CCCNC3)c12. The molecule has 2 saturated heterocycles. The number of piperidine rings is 1. The number of urea groups is 1. The summed E-state index contributed by atoms with van der Waals surface area (Å²) < 4.78 is 0. The summed E-state index contributed by atoms with van der Waals surface area (Å²) >= 11 is 0. The molecular weight excluding hydrogens is 450 g/mol. The number of amides is 2. The predicted octanol–water partition coefficient (Wildman–Crippen LogP) is 3.99. The number of benzene rings is 2. The number of nitrogens with zero attached hydrogens (tertiary/aromatic N) is 6. The Morgan fingerprint density at radius 2 is 1.86 bits per heavy atom. The Bertz CT molecular complexity index is 1380. The summed E-state index contributed by atoms with van der Waals surface area (Å²) in [5, 5.41) is 16.5. The number of aromatic nitrogens is 3. The number of fused-ring (bicyclic) bond motifs is 2. The maximum Gasteiger partial charge on any atom is 0.326 e. The smallest absolute Gasteiger partial charge is 0.326 e. The number of carbonyl (C=O) groups is 1. The van der Waals surface area contributed by atoms with E-state index in [1.807, 2.05) is 34.2 Å². The van der Waals surface area contributed by atoms with Crippen LogP contribution in [0, 0.1) is 6.92 Å². The molecule has 2 aliphatic rings. The Balaban J connectivity index is 1.29. The number of nitrogens with one attached hydrogen (secondary N) is 1. The Kier molecular flexibility index (Phi) is 6.11. The van der Waals surface area contributed by atoms with Gasteiger partial charge in [0.1, 0.15) is 5.82 Å². The van der Waals surface area contributed by atoms with Crippen LogP contribution in [0.3, 0.4) is 0 Å². The highest BCUT2D eigenvalue weighted by molar-refractivity contribution is 6.03. The second kappa shape index (κ2) is 9.70. The molecule has 0 saturated carbocycles. The van der Waals surface area contributed by atoms with Crippen LogP contribution in [0.5, 0.6) is 0 Å². The molecule has 4 aromatic rings. The first-order valence-corrected chi connectivity index (χ1v) is 12.8. The van der Waals surface area contributed by atoms with Crippen molar-refractivity contribution < 1.29 is 4.79 Å². The Hall–Kier alpha value is -3.78. The van der Waals surface area contributed by atoms with Crippen molar-refractivity contribution >= 4 is 39.2 Å². The maximum absolute atomic E-state index is 14.1. The molecule has 184 valence electrons. The quantitative estimate of drug-likeness (QED) is 0.477. The van der Waals surface area contributed by atoms with Gasteiger partial charge in [-0.25, -0.2) is 9.78 Å². The minimum Gasteiger partial charge on any atom is -0.351 e. The molecule has 0 bridgehead atoms. The molecule has 2 fully saturated rings. The number of rotatable bonds is 3. The third-order valence-electron chi connectivity index (χ3n) is 7.45. The molecule has 1 N–H and O–H groups in total. The van der Waals surface area contributed by atoms with Crippen molar-refractivity contribution in [3.63, 3.8) is 0 Å². The molecule has 36 heavy (non-hydrogen) atoms. The van der Waals surface area contributed by atoms with Crippen LogP contribution in [0.25, 0.3) is 21.5 Å². The van der Waals surface area contributed by atoms with Crippen LogP contribution in [0.1, 0.15) is 18.4 Å². The van der Waals surface area contributed by atoms with E-state index in [1.165, 1.54) is 0 Å². The summed E-state index contributed by atoms with van der Waals surface area (Å²) in [6.07, 6.45) is 5.64. The van der Waals surface area contributed by atoms with Gasteiger partial charge in [-0.3, -0.25) is 4.90 Å². The lowest BCUT2D eigenvalue weighted by atomic mass is 10.0. The standard InChI is InChI=1S/C28H31N7O/c1-20-6-4-8-21-11-13-30-27(25(20)21)35(23-9-5-12-29-19-23)28(36)34-16-14-33(15-17-34)26-24-10-3-2-7-22(24)18-31-32-26/h2-4,6-8,10-11,13,18,23,29H,5,9,12,14-17,19H2,1H3/t23-/m1/s1. The monoisotopic (exact) mass is 481 g/mol. The van der Waals surface area contributed by atoms with Gasteiger partial charge in [-0.05, 0) is 43.3 Å². The first-order chi connectivity index (χ1) is 17.7. The largest absolute Gasteiger partial charge is 0.351 e. The Morgan fingerprint density at radius 3 is 2.69 bits per heavy atom. The van der Waals surface area contributed by atoms with Gasteiger partial charge in [-0.2, -0.15) is 5.10 Å². The van der Waals surface area contributed by atoms with Crippen molar-refractivity contribution in [2.75, 3.05) is 49.1 Å². The van der Waals surface area contributed by atoms with Gasteiger partial charge in [0.2, 0.25) is 0 Å². The summed E-state index contributed by atoms with van der Waals surface area (Å²) in [5.74, 6) is 1.66. The molecular formula is C28H31N7O. The fourth-order valence-corrected chi connectivity index (χ4v) is 5.55. The fraction of sp³-hybridized carbons (Fsp3) is 0.357. The van der Waals surface area contributed by atoms with E-state index in [-0.39, 0.29) is 12.1 Å². The van der Waals surface area contributed by atoms with Crippen LogP contribution in [0.15, 0.2) is 60.9 Å². The zero-order chi connectivity index (χ0) is 24.5. The average Bonchev–Trinajstić information content (AvgIpc) is 2.94. The van der Waals surface area contributed by atoms with Gasteiger partial charge >= 0.3 is 6.03 Å². The highest BCUT2D eigenvalue weighted by atomic mass is 16.2. The summed E-state index contributed by atoms with van der Waals surface area (Å²) in [6.45, 7) is 6.56. The lowest BCUT2D eigenvalue weighted by Gasteiger charge is -2.41. The summed E-state index contributed by atoms with van der Waals surface area (Å²) in [5.41, 5.74) is 1.14. The molecule has 8 heteroatoms. The van der Waals surface area contributed by atoms with Gasteiger partial charge in [-0.1, -0.05) is 42.5 Å². The molecule has 8 nitrogen and oxygen atoms in total. The van der Waals surface area contributed by atoms with Gasteiger partial charge < -0.3 is 15.1 Å². The predicted molar refractivity (Wildman–Crippen MR) is 144 cm³/mol. The van der Waals surface area contributed by atoms with Gasteiger partial charge in [0.25, 0.3) is 0 Å². The first kappa shape index (κ1) is 22.7. The molecule has 0 radical (unpaired) electrons. The Morgan fingerprint density at radius 1 is 1.03 bits per heavy atom. The number of hydrogen-bond acceptors (Lipinski definition) is 6. The van der Waals surface area contributed by atoms with Gasteiger partial charge in [0.05, 0.1) is 12.2 Å². The molecule has 2 aromatic carbocycles. The molecule has 2 aromatic heterocycles. The minimum absolute atomic E-state index is 0.0376. The fourth-order valence-electron chi connectivity index (χ4n) is 5.55. The van der Waals surface area contributed by atoms with Gasteiger partial charge in [0, 0.05) is 55.1 Å². The molecule has 0 unspecified atom stereocenters.